The fraction of sp³-hybridized carbons (Fsp3) is 0.923. The van der Waals surface area contributed by atoms with Gasteiger partial charge in [-0.2, -0.15) is 0 Å². The Morgan fingerprint density at radius 2 is 2.00 bits per heavy atom. The molecule has 1 amide bonds. The van der Waals surface area contributed by atoms with Gasteiger partial charge in [-0.15, -0.1) is 11.6 Å². The van der Waals surface area contributed by atoms with Gasteiger partial charge in [0.05, 0.1) is 5.38 Å². The lowest BCUT2D eigenvalue weighted by molar-refractivity contribution is -0.122. The molecule has 1 N–H and O–H groups in total. The Hall–Kier alpha value is -0.240. The number of fused-ring (bicyclic) bond motifs is 1. The van der Waals surface area contributed by atoms with Gasteiger partial charge in [-0.25, -0.2) is 0 Å². The van der Waals surface area contributed by atoms with Crippen LogP contribution in [0.3, 0.4) is 0 Å². The number of hydrogen-bond acceptors (Lipinski definition) is 1. The summed E-state index contributed by atoms with van der Waals surface area (Å²) in [5.74, 6) is 1.99. The van der Waals surface area contributed by atoms with Crippen LogP contribution in [0.15, 0.2) is 0 Å². The van der Waals surface area contributed by atoms with E-state index in [-0.39, 0.29) is 11.3 Å². The molecule has 0 aromatic carbocycles. The van der Waals surface area contributed by atoms with Crippen molar-refractivity contribution in [3.8, 4) is 0 Å². The molecule has 2 aliphatic carbocycles. The number of carbonyl (C=O) groups excluding carboxylic acids is 1. The van der Waals surface area contributed by atoms with E-state index in [1.807, 2.05) is 0 Å². The lowest BCUT2D eigenvalue weighted by Gasteiger charge is -2.09. The van der Waals surface area contributed by atoms with Crippen LogP contribution in [-0.4, -0.2) is 17.8 Å². The van der Waals surface area contributed by atoms with Crippen molar-refractivity contribution in [2.45, 2.75) is 50.8 Å². The van der Waals surface area contributed by atoms with Gasteiger partial charge in [0, 0.05) is 12.5 Å². The van der Waals surface area contributed by atoms with Gasteiger partial charge in [0.15, 0.2) is 0 Å². The minimum atomic E-state index is 0.106. The summed E-state index contributed by atoms with van der Waals surface area (Å²) in [4.78, 5) is 11.9. The van der Waals surface area contributed by atoms with Gasteiger partial charge in [-0.1, -0.05) is 26.2 Å². The molecule has 3 atom stereocenters. The Morgan fingerprint density at radius 1 is 1.38 bits per heavy atom. The van der Waals surface area contributed by atoms with Crippen molar-refractivity contribution >= 4 is 17.5 Å². The molecular weight excluding hydrogens is 222 g/mol. The zero-order valence-electron chi connectivity index (χ0n) is 10.0. The first-order valence-electron chi connectivity index (χ1n) is 6.65. The lowest BCUT2D eigenvalue weighted by atomic mass is 10.0. The predicted molar refractivity (Wildman–Crippen MR) is 66.5 cm³/mol. The Bertz CT molecular complexity index is 244. The van der Waals surface area contributed by atoms with Crippen LogP contribution in [0.2, 0.25) is 0 Å². The number of carbonyl (C=O) groups is 1. The van der Waals surface area contributed by atoms with E-state index in [2.05, 4.69) is 12.2 Å². The van der Waals surface area contributed by atoms with Gasteiger partial charge in [0.2, 0.25) is 5.91 Å². The highest BCUT2D eigenvalue weighted by Gasteiger charge is 2.54. The first-order valence-corrected chi connectivity index (χ1v) is 7.09. The van der Waals surface area contributed by atoms with Crippen LogP contribution in [0.5, 0.6) is 0 Å². The standard InChI is InChI=1S/C13H22ClNO/c1-2-5-9(14)8-15-13(16)12-10-6-3-4-7-11(10)12/h9-12H,2-8H2,1H3,(H,15,16). The number of rotatable bonds is 5. The largest absolute Gasteiger partial charge is 0.354 e. The average Bonchev–Trinajstić information content (AvgIpc) is 3.00. The summed E-state index contributed by atoms with van der Waals surface area (Å²) < 4.78 is 0. The third-order valence-electron chi connectivity index (χ3n) is 4.06. The molecule has 2 fully saturated rings. The van der Waals surface area contributed by atoms with Gasteiger partial charge in [0.25, 0.3) is 0 Å². The highest BCUT2D eigenvalue weighted by atomic mass is 35.5. The molecule has 2 nitrogen and oxygen atoms in total. The van der Waals surface area contributed by atoms with E-state index in [0.29, 0.717) is 24.3 Å². The van der Waals surface area contributed by atoms with E-state index >= 15 is 0 Å². The quantitative estimate of drug-likeness (QED) is 0.740. The molecule has 0 saturated heterocycles. The summed E-state index contributed by atoms with van der Waals surface area (Å²) in [5.41, 5.74) is 0. The average molecular weight is 244 g/mol. The third-order valence-corrected chi connectivity index (χ3v) is 4.43. The second kappa shape index (κ2) is 5.39. The van der Waals surface area contributed by atoms with Crippen LogP contribution >= 0.6 is 11.6 Å². The van der Waals surface area contributed by atoms with Gasteiger partial charge in [-0.05, 0) is 31.1 Å². The molecule has 2 saturated carbocycles. The summed E-state index contributed by atoms with van der Waals surface area (Å²) in [7, 11) is 0. The van der Waals surface area contributed by atoms with E-state index < -0.39 is 0 Å². The SMILES string of the molecule is CCCC(Cl)CNC(=O)C1C2CCCCC21. The summed E-state index contributed by atoms with van der Waals surface area (Å²) in [6, 6.07) is 0. The van der Waals surface area contributed by atoms with Gasteiger partial charge in [-0.3, -0.25) is 4.79 Å². The van der Waals surface area contributed by atoms with Crippen LogP contribution in [0.4, 0.5) is 0 Å². The maximum Gasteiger partial charge on any atom is 0.223 e. The molecule has 3 heteroatoms. The minimum Gasteiger partial charge on any atom is -0.354 e. The molecule has 0 heterocycles. The third kappa shape index (κ3) is 2.71. The van der Waals surface area contributed by atoms with E-state index in [4.69, 9.17) is 11.6 Å². The number of nitrogens with one attached hydrogen (secondary N) is 1. The molecule has 0 aromatic rings. The van der Waals surface area contributed by atoms with Crippen molar-refractivity contribution in [2.24, 2.45) is 17.8 Å². The molecule has 0 aromatic heterocycles. The fourth-order valence-corrected chi connectivity index (χ4v) is 3.42. The van der Waals surface area contributed by atoms with Gasteiger partial charge >= 0.3 is 0 Å². The Labute approximate surface area is 103 Å². The van der Waals surface area contributed by atoms with Gasteiger partial charge in [0.1, 0.15) is 0 Å². The smallest absolute Gasteiger partial charge is 0.223 e. The van der Waals surface area contributed by atoms with Crippen LogP contribution in [0.25, 0.3) is 0 Å². The number of alkyl halides is 1. The summed E-state index contributed by atoms with van der Waals surface area (Å²) in [6.45, 7) is 2.76. The molecule has 0 spiro atoms. The second-order valence-corrected chi connectivity index (χ2v) is 5.89. The molecule has 0 bridgehead atoms. The highest BCUT2D eigenvalue weighted by Crippen LogP contribution is 2.55. The van der Waals surface area contributed by atoms with Crippen LogP contribution in [0, 0.1) is 17.8 Å². The summed E-state index contributed by atoms with van der Waals surface area (Å²) >= 11 is 6.09. The lowest BCUT2D eigenvalue weighted by Crippen LogP contribution is -2.31. The maximum absolute atomic E-state index is 11.9. The highest BCUT2D eigenvalue weighted by molar-refractivity contribution is 6.20. The van der Waals surface area contributed by atoms with E-state index in [1.165, 1.54) is 25.7 Å². The van der Waals surface area contributed by atoms with Crippen molar-refractivity contribution in [1.29, 1.82) is 0 Å². The summed E-state index contributed by atoms with van der Waals surface area (Å²) in [5, 5.41) is 3.12. The molecule has 2 aliphatic rings. The van der Waals surface area contributed by atoms with Crippen molar-refractivity contribution in [2.75, 3.05) is 6.54 Å². The zero-order valence-corrected chi connectivity index (χ0v) is 10.8. The van der Waals surface area contributed by atoms with Crippen LogP contribution in [-0.2, 0) is 4.79 Å². The molecule has 16 heavy (non-hydrogen) atoms. The Kier molecular flexibility index (Phi) is 4.12. The van der Waals surface area contributed by atoms with Crippen LogP contribution < -0.4 is 5.32 Å². The Morgan fingerprint density at radius 3 is 2.56 bits per heavy atom. The molecule has 2 rings (SSSR count). The number of hydrogen-bond donors (Lipinski definition) is 1. The van der Waals surface area contributed by atoms with Crippen molar-refractivity contribution < 1.29 is 4.79 Å². The molecule has 0 radical (unpaired) electrons. The second-order valence-electron chi connectivity index (χ2n) is 5.27. The molecule has 92 valence electrons. The van der Waals surface area contributed by atoms with E-state index in [0.717, 1.165) is 12.8 Å². The monoisotopic (exact) mass is 243 g/mol. The topological polar surface area (TPSA) is 29.1 Å². The number of amides is 1. The summed E-state index contributed by atoms with van der Waals surface area (Å²) in [6.07, 6.45) is 7.24. The van der Waals surface area contributed by atoms with Crippen molar-refractivity contribution in [1.82, 2.24) is 5.32 Å². The maximum atomic E-state index is 11.9. The number of halogens is 1. The minimum absolute atomic E-state index is 0.106. The van der Waals surface area contributed by atoms with Crippen molar-refractivity contribution in [3.63, 3.8) is 0 Å². The molecule has 0 aliphatic heterocycles. The molecule has 3 unspecified atom stereocenters. The fourth-order valence-electron chi connectivity index (χ4n) is 3.13. The molecular formula is C13H22ClNO. The predicted octanol–water partition coefficient (Wildman–Crippen LogP) is 2.95. The first kappa shape index (κ1) is 12.2. The van der Waals surface area contributed by atoms with E-state index in [1.54, 1.807) is 0 Å². The Balaban J connectivity index is 1.69. The van der Waals surface area contributed by atoms with Crippen molar-refractivity contribution in [3.05, 3.63) is 0 Å². The van der Waals surface area contributed by atoms with Crippen LogP contribution in [0.1, 0.15) is 45.4 Å². The van der Waals surface area contributed by atoms with E-state index in [9.17, 15) is 4.79 Å². The van der Waals surface area contributed by atoms with Gasteiger partial charge < -0.3 is 5.32 Å². The first-order chi connectivity index (χ1) is 7.74. The zero-order chi connectivity index (χ0) is 11.5. The normalized spacial score (nSPS) is 34.0.